The van der Waals surface area contributed by atoms with Crippen LogP contribution in [0.25, 0.3) is 0 Å². The van der Waals surface area contributed by atoms with E-state index in [1.807, 2.05) is 12.1 Å². The molecule has 0 aliphatic rings. The van der Waals surface area contributed by atoms with Crippen LogP contribution in [0, 0.1) is 0 Å². The van der Waals surface area contributed by atoms with Crippen LogP contribution in [0.3, 0.4) is 0 Å². The van der Waals surface area contributed by atoms with Crippen LogP contribution in [-0.4, -0.2) is 5.97 Å². The standard InChI is InChI=1S/C7H6O2S.Hg.Na/c8-7(9)5-3-1-2-4-6(5)10;;/h1-4,10H,(H,8,9);;/q;2*+1/p-2. The van der Waals surface area contributed by atoms with Crippen molar-refractivity contribution in [1.82, 2.24) is 0 Å². The fraction of sp³-hybridized carbons (Fsp3) is 0. The van der Waals surface area contributed by atoms with Gasteiger partial charge in [0.15, 0.2) is 0 Å². The Hall–Kier alpha value is 0.975. The van der Waals surface area contributed by atoms with Crippen molar-refractivity contribution in [1.29, 1.82) is 0 Å². The van der Waals surface area contributed by atoms with E-state index < -0.39 is 5.97 Å². The summed E-state index contributed by atoms with van der Waals surface area (Å²) in [6, 6.07) is 6.92. The van der Waals surface area contributed by atoms with Crippen LogP contribution in [0.5, 0.6) is 0 Å². The van der Waals surface area contributed by atoms with Gasteiger partial charge in [0, 0.05) is 0 Å². The Morgan fingerprint density at radius 3 is 2.42 bits per heavy atom. The molecule has 0 saturated heterocycles. The van der Waals surface area contributed by atoms with Gasteiger partial charge in [0.05, 0.1) is 0 Å². The van der Waals surface area contributed by atoms with Crippen LogP contribution in [0.4, 0.5) is 0 Å². The maximum atomic E-state index is 10.5. The first-order valence-electron chi connectivity index (χ1n) is 2.98. The minimum absolute atomic E-state index is 0. The Labute approximate surface area is 112 Å². The van der Waals surface area contributed by atoms with E-state index >= 15 is 0 Å². The van der Waals surface area contributed by atoms with Crippen molar-refractivity contribution in [3.63, 3.8) is 0 Å². The third-order valence-corrected chi connectivity index (χ3v) is 5.56. The molecule has 0 bridgehead atoms. The van der Waals surface area contributed by atoms with Crippen molar-refractivity contribution < 1.29 is 64.1 Å². The van der Waals surface area contributed by atoms with Gasteiger partial charge in [-0.3, -0.25) is 0 Å². The third-order valence-electron chi connectivity index (χ3n) is 1.26. The molecule has 0 heterocycles. The van der Waals surface area contributed by atoms with Gasteiger partial charge < -0.3 is 0 Å². The van der Waals surface area contributed by atoms with Crippen LogP contribution in [0.15, 0.2) is 29.2 Å². The van der Waals surface area contributed by atoms with Gasteiger partial charge >= 0.3 is 113 Å². The number of carboxylic acid groups (broad SMARTS) is 1. The molecule has 0 spiro atoms. The predicted octanol–water partition coefficient (Wildman–Crippen LogP) is -2.39. The molecule has 0 unspecified atom stereocenters. The van der Waals surface area contributed by atoms with Crippen molar-refractivity contribution in [3.8, 4) is 0 Å². The molecular formula is C7H4HgNaO2S. The largest absolute Gasteiger partial charge is 1.00 e. The van der Waals surface area contributed by atoms with Crippen molar-refractivity contribution in [2.45, 2.75) is 4.90 Å². The van der Waals surface area contributed by atoms with Crippen molar-refractivity contribution in [2.75, 3.05) is 0 Å². The molecule has 2 nitrogen and oxygen atoms in total. The van der Waals surface area contributed by atoms with Gasteiger partial charge in [-0.25, -0.2) is 0 Å². The van der Waals surface area contributed by atoms with Gasteiger partial charge in [-0.1, -0.05) is 0 Å². The maximum absolute atomic E-state index is 10.5. The molecule has 0 aromatic heterocycles. The number of hydrogen-bond donors (Lipinski definition) is 0. The van der Waals surface area contributed by atoms with Gasteiger partial charge in [-0.2, -0.15) is 0 Å². The third kappa shape index (κ3) is 3.38. The molecule has 0 aliphatic carbocycles. The first kappa shape index (κ1) is 13.0. The fourth-order valence-corrected chi connectivity index (χ4v) is 4.18. The van der Waals surface area contributed by atoms with Crippen LogP contribution in [-0.2, 0) is 24.6 Å². The topological polar surface area (TPSA) is 40.1 Å². The van der Waals surface area contributed by atoms with E-state index in [-0.39, 0.29) is 29.6 Å². The van der Waals surface area contributed by atoms with Crippen LogP contribution in [0.1, 0.15) is 10.4 Å². The number of carbonyl (C=O) groups is 1. The smallest absolute Gasteiger partial charge is 1.00 e. The molecule has 12 heavy (non-hydrogen) atoms. The molecule has 0 fully saturated rings. The second kappa shape index (κ2) is 6.43. The summed E-state index contributed by atoms with van der Waals surface area (Å²) in [7, 11) is 1.60. The molecule has 0 amide bonds. The number of rotatable bonds is 2. The number of hydrogen-bond acceptors (Lipinski definition) is 3. The first-order valence-corrected chi connectivity index (χ1v) is 10.7. The van der Waals surface area contributed by atoms with Crippen molar-refractivity contribution in [3.05, 3.63) is 29.8 Å². The Kier molecular flexibility index (Phi) is 6.95. The van der Waals surface area contributed by atoms with Crippen molar-refractivity contribution >= 4 is 14.2 Å². The number of carbonyl (C=O) groups excluding carboxylic acids is 1. The summed E-state index contributed by atoms with van der Waals surface area (Å²) in [6.07, 6.45) is 0. The second-order valence-electron chi connectivity index (χ2n) is 1.93. The molecule has 0 N–H and O–H groups in total. The summed E-state index contributed by atoms with van der Waals surface area (Å²) >= 11 is 0.521. The summed E-state index contributed by atoms with van der Waals surface area (Å²) in [5.41, 5.74) is 0.313. The number of aromatic carboxylic acids is 1. The van der Waals surface area contributed by atoms with E-state index in [4.69, 9.17) is 0 Å². The van der Waals surface area contributed by atoms with E-state index in [9.17, 15) is 9.90 Å². The Morgan fingerprint density at radius 1 is 1.42 bits per heavy atom. The number of carboxylic acids is 1. The van der Waals surface area contributed by atoms with Crippen LogP contribution >= 0.6 is 8.24 Å². The van der Waals surface area contributed by atoms with E-state index in [2.05, 4.69) is 0 Å². The zero-order chi connectivity index (χ0) is 8.27. The van der Waals surface area contributed by atoms with Gasteiger partial charge in [0.1, 0.15) is 0 Å². The quantitative estimate of drug-likeness (QED) is 0.542. The van der Waals surface area contributed by atoms with Crippen LogP contribution < -0.4 is 34.7 Å². The maximum Gasteiger partial charge on any atom is 1.00 e. The zero-order valence-electron chi connectivity index (χ0n) is 6.74. The van der Waals surface area contributed by atoms with Crippen molar-refractivity contribution in [2.24, 2.45) is 0 Å². The average molecular weight is 376 g/mol. The molecule has 0 radical (unpaired) electrons. The molecule has 0 saturated carbocycles. The molecule has 53 valence electrons. The van der Waals surface area contributed by atoms with Gasteiger partial charge in [-0.05, 0) is 0 Å². The van der Waals surface area contributed by atoms with E-state index in [1.54, 1.807) is 20.4 Å². The van der Waals surface area contributed by atoms with E-state index in [0.29, 0.717) is 30.2 Å². The molecule has 0 atom stereocenters. The normalized spacial score (nSPS) is 8.83. The zero-order valence-corrected chi connectivity index (χ0v) is 15.1. The minimum atomic E-state index is -1.08. The minimum Gasteiger partial charge on any atom is 1.00 e. The van der Waals surface area contributed by atoms with E-state index in [1.165, 1.54) is 0 Å². The van der Waals surface area contributed by atoms with E-state index in [0.717, 1.165) is 4.90 Å². The summed E-state index contributed by atoms with van der Waals surface area (Å²) in [4.78, 5) is 11.3. The fourth-order valence-electron chi connectivity index (χ4n) is 0.761. The molecule has 1 aromatic carbocycles. The molecule has 1 aromatic rings. The average Bonchev–Trinajstić information content (AvgIpc) is 2.04. The van der Waals surface area contributed by atoms with Gasteiger partial charge in [-0.15, -0.1) is 0 Å². The summed E-state index contributed by atoms with van der Waals surface area (Å²) < 4.78 is 0. The Bertz CT molecular complexity index is 280. The molecule has 5 heteroatoms. The Morgan fingerprint density at radius 2 is 2.00 bits per heavy atom. The summed E-state index contributed by atoms with van der Waals surface area (Å²) in [5.74, 6) is -1.08. The molecule has 1 rings (SSSR count). The second-order valence-corrected chi connectivity index (χ2v) is 6.02. The Balaban J connectivity index is 0.00000121. The summed E-state index contributed by atoms with van der Waals surface area (Å²) in [6.45, 7) is 0. The van der Waals surface area contributed by atoms with Gasteiger partial charge in [0.2, 0.25) is 0 Å². The monoisotopic (exact) mass is 377 g/mol. The SMILES string of the molecule is O=C([O-])c1ccccc1[S][Hg].[Na+]. The predicted molar refractivity (Wildman–Crippen MR) is 36.6 cm³/mol. The summed E-state index contributed by atoms with van der Waals surface area (Å²) in [5, 5.41) is 10.5. The molecular weight excluding hydrogens is 372 g/mol. The number of benzene rings is 1. The first-order chi connectivity index (χ1) is 5.25. The van der Waals surface area contributed by atoms with Crippen LogP contribution in [0.2, 0.25) is 0 Å². The van der Waals surface area contributed by atoms with Gasteiger partial charge in [0.25, 0.3) is 0 Å². The molecule has 0 aliphatic heterocycles.